The molecule has 8 heteroatoms. The van der Waals surface area contributed by atoms with Gasteiger partial charge in [0.1, 0.15) is 5.69 Å². The van der Waals surface area contributed by atoms with Gasteiger partial charge >= 0.3 is 0 Å². The summed E-state index contributed by atoms with van der Waals surface area (Å²) in [5, 5.41) is 22.4. The summed E-state index contributed by atoms with van der Waals surface area (Å²) in [4.78, 5) is 6.76. The monoisotopic (exact) mass is 353 g/mol. The highest BCUT2D eigenvalue weighted by Gasteiger charge is 2.30. The molecular weight excluding hydrogens is 330 g/mol. The molecule has 0 amide bonds. The normalized spacial score (nSPS) is 16.6. The van der Waals surface area contributed by atoms with E-state index in [-0.39, 0.29) is 0 Å². The summed E-state index contributed by atoms with van der Waals surface area (Å²) in [6.45, 7) is 8.52. The van der Waals surface area contributed by atoms with Gasteiger partial charge in [-0.2, -0.15) is 5.10 Å². The Labute approximate surface area is 152 Å². The van der Waals surface area contributed by atoms with Crippen molar-refractivity contribution in [3.63, 3.8) is 0 Å². The third kappa shape index (κ3) is 3.02. The predicted octanol–water partition coefficient (Wildman–Crippen LogP) is 1.59. The van der Waals surface area contributed by atoms with Crippen molar-refractivity contribution in [3.8, 4) is 5.82 Å². The zero-order valence-corrected chi connectivity index (χ0v) is 15.2. The molecule has 1 fully saturated rings. The summed E-state index contributed by atoms with van der Waals surface area (Å²) in [6, 6.07) is 6.15. The van der Waals surface area contributed by atoms with Gasteiger partial charge in [-0.1, -0.05) is 11.3 Å². The van der Waals surface area contributed by atoms with Crippen LogP contribution in [-0.4, -0.2) is 52.9 Å². The van der Waals surface area contributed by atoms with Crippen LogP contribution in [0.5, 0.6) is 0 Å². The zero-order valence-electron chi connectivity index (χ0n) is 15.2. The second-order valence-corrected chi connectivity index (χ2v) is 6.90. The first-order valence-electron chi connectivity index (χ1n) is 8.81. The molecule has 1 aliphatic heterocycles. The molecule has 0 aromatic carbocycles. The second-order valence-electron chi connectivity index (χ2n) is 6.90. The van der Waals surface area contributed by atoms with Gasteiger partial charge in [0, 0.05) is 37.1 Å². The lowest BCUT2D eigenvalue weighted by molar-refractivity contribution is 0.0891. The van der Waals surface area contributed by atoms with Crippen LogP contribution in [0.1, 0.15) is 41.7 Å². The van der Waals surface area contributed by atoms with E-state index in [0.717, 1.165) is 36.8 Å². The van der Waals surface area contributed by atoms with Crippen molar-refractivity contribution in [2.45, 2.75) is 39.5 Å². The number of hydrogen-bond acceptors (Lipinski definition) is 6. The number of aliphatic hydroxyl groups is 1. The van der Waals surface area contributed by atoms with Crippen molar-refractivity contribution in [2.24, 2.45) is 0 Å². The second kappa shape index (κ2) is 6.62. The van der Waals surface area contributed by atoms with E-state index in [1.165, 1.54) is 5.56 Å². The number of aryl methyl sites for hydroxylation is 1. The predicted molar refractivity (Wildman–Crippen MR) is 95.8 cm³/mol. The van der Waals surface area contributed by atoms with Crippen LogP contribution < -0.4 is 0 Å². The molecule has 0 saturated carbocycles. The third-order valence-electron chi connectivity index (χ3n) is 4.96. The molecule has 0 radical (unpaired) electrons. The Morgan fingerprint density at radius 3 is 2.73 bits per heavy atom. The topological polar surface area (TPSA) is 84.9 Å². The summed E-state index contributed by atoms with van der Waals surface area (Å²) in [7, 11) is 0. The molecule has 4 rings (SSSR count). The maximum atomic E-state index is 9.57. The smallest absolute Gasteiger partial charge is 0.153 e. The van der Waals surface area contributed by atoms with Gasteiger partial charge < -0.3 is 5.11 Å². The Balaban J connectivity index is 1.44. The molecule has 0 bridgehead atoms. The molecule has 3 aromatic heterocycles. The van der Waals surface area contributed by atoms with Crippen LogP contribution in [0.15, 0.2) is 30.6 Å². The van der Waals surface area contributed by atoms with Crippen molar-refractivity contribution in [1.82, 2.24) is 34.7 Å². The number of aromatic nitrogens is 6. The molecule has 8 nitrogen and oxygen atoms in total. The molecule has 0 spiro atoms. The fourth-order valence-electron chi connectivity index (χ4n) is 3.33. The average molecular weight is 353 g/mol. The van der Waals surface area contributed by atoms with Crippen molar-refractivity contribution < 1.29 is 5.11 Å². The maximum absolute atomic E-state index is 9.57. The molecule has 0 aliphatic carbocycles. The number of likely N-dealkylation sites (tertiary alicyclic amines) is 1. The molecule has 4 heterocycles. The van der Waals surface area contributed by atoms with E-state index in [2.05, 4.69) is 32.2 Å². The van der Waals surface area contributed by atoms with Crippen LogP contribution in [0, 0.1) is 13.8 Å². The van der Waals surface area contributed by atoms with Crippen molar-refractivity contribution in [1.29, 1.82) is 0 Å². The SMILES string of the molecule is Cc1nn(-c2ccccn2)c(C)c1CN1CC(n2cc(C(C)O)nn2)C1. The van der Waals surface area contributed by atoms with E-state index in [1.54, 1.807) is 13.1 Å². The first kappa shape index (κ1) is 16.9. The minimum absolute atomic E-state index is 0.307. The van der Waals surface area contributed by atoms with Gasteiger partial charge in [0.2, 0.25) is 0 Å². The third-order valence-corrected chi connectivity index (χ3v) is 4.96. The number of nitrogens with zero attached hydrogens (tertiary/aromatic N) is 7. The Hall–Kier alpha value is -2.58. The fourth-order valence-corrected chi connectivity index (χ4v) is 3.33. The van der Waals surface area contributed by atoms with Gasteiger partial charge in [-0.05, 0) is 32.9 Å². The summed E-state index contributed by atoms with van der Waals surface area (Å²) < 4.78 is 3.77. The molecule has 3 aromatic rings. The number of rotatable bonds is 5. The lowest BCUT2D eigenvalue weighted by Gasteiger charge is -2.38. The lowest BCUT2D eigenvalue weighted by atomic mass is 10.1. The van der Waals surface area contributed by atoms with Crippen molar-refractivity contribution in [3.05, 3.63) is 53.2 Å². The maximum Gasteiger partial charge on any atom is 0.153 e. The van der Waals surface area contributed by atoms with Crippen LogP contribution >= 0.6 is 0 Å². The number of aliphatic hydroxyl groups excluding tert-OH is 1. The first-order valence-corrected chi connectivity index (χ1v) is 8.81. The number of hydrogen-bond donors (Lipinski definition) is 1. The van der Waals surface area contributed by atoms with Gasteiger partial charge in [0.25, 0.3) is 0 Å². The van der Waals surface area contributed by atoms with Crippen LogP contribution in [0.3, 0.4) is 0 Å². The van der Waals surface area contributed by atoms with Crippen LogP contribution in [-0.2, 0) is 6.54 Å². The van der Waals surface area contributed by atoms with Crippen LogP contribution in [0.25, 0.3) is 5.82 Å². The van der Waals surface area contributed by atoms with Gasteiger partial charge in [0.15, 0.2) is 5.82 Å². The van der Waals surface area contributed by atoms with E-state index in [9.17, 15) is 5.11 Å². The molecule has 26 heavy (non-hydrogen) atoms. The lowest BCUT2D eigenvalue weighted by Crippen LogP contribution is -2.47. The molecule has 1 saturated heterocycles. The summed E-state index contributed by atoms with van der Waals surface area (Å²) in [6.07, 6.45) is 3.04. The van der Waals surface area contributed by atoms with E-state index in [1.807, 2.05) is 40.7 Å². The van der Waals surface area contributed by atoms with Gasteiger partial charge in [0.05, 0.1) is 24.0 Å². The highest BCUT2D eigenvalue weighted by atomic mass is 16.3. The Morgan fingerprint density at radius 1 is 1.27 bits per heavy atom. The fraction of sp³-hybridized carbons (Fsp3) is 0.444. The van der Waals surface area contributed by atoms with Gasteiger partial charge in [-0.25, -0.2) is 14.3 Å². The molecule has 1 aliphatic rings. The standard InChI is InChI=1S/C18H23N7O/c1-12-16(13(2)25(21-12)18-6-4-5-7-19-18)10-23-8-15(9-23)24-11-17(14(3)26)20-22-24/h4-7,11,14-15,26H,8-10H2,1-3H3. The van der Waals surface area contributed by atoms with Crippen LogP contribution in [0.2, 0.25) is 0 Å². The average Bonchev–Trinajstić information content (AvgIpc) is 3.18. The Morgan fingerprint density at radius 2 is 2.08 bits per heavy atom. The molecular formula is C18H23N7O. The molecule has 1 N–H and O–H groups in total. The minimum Gasteiger partial charge on any atom is -0.387 e. The summed E-state index contributed by atoms with van der Waals surface area (Å²) in [5.41, 5.74) is 4.03. The first-order chi connectivity index (χ1) is 12.5. The Bertz CT molecular complexity index is 894. The van der Waals surface area contributed by atoms with Crippen molar-refractivity contribution >= 4 is 0 Å². The molecule has 136 valence electrons. The number of pyridine rings is 1. The zero-order chi connectivity index (χ0) is 18.3. The summed E-state index contributed by atoms with van der Waals surface area (Å²) >= 11 is 0. The van der Waals surface area contributed by atoms with Crippen molar-refractivity contribution in [2.75, 3.05) is 13.1 Å². The highest BCUT2D eigenvalue weighted by molar-refractivity contribution is 5.32. The quantitative estimate of drug-likeness (QED) is 0.750. The van der Waals surface area contributed by atoms with Gasteiger partial charge in [-0.3, -0.25) is 4.90 Å². The largest absolute Gasteiger partial charge is 0.387 e. The van der Waals surface area contributed by atoms with E-state index >= 15 is 0 Å². The Kier molecular flexibility index (Phi) is 4.29. The van der Waals surface area contributed by atoms with Crippen LogP contribution in [0.4, 0.5) is 0 Å². The van der Waals surface area contributed by atoms with Gasteiger partial charge in [-0.15, -0.1) is 5.10 Å². The van der Waals surface area contributed by atoms with E-state index in [0.29, 0.717) is 11.7 Å². The molecule has 1 unspecified atom stereocenters. The molecule has 1 atom stereocenters. The van der Waals surface area contributed by atoms with E-state index < -0.39 is 6.10 Å². The highest BCUT2D eigenvalue weighted by Crippen LogP contribution is 2.26. The minimum atomic E-state index is -0.581. The summed E-state index contributed by atoms with van der Waals surface area (Å²) in [5.74, 6) is 0.842. The van der Waals surface area contributed by atoms with E-state index in [4.69, 9.17) is 0 Å².